The first kappa shape index (κ1) is 20.3. The molecule has 0 spiro atoms. The Balaban J connectivity index is 1.39. The van der Waals surface area contributed by atoms with Crippen molar-refractivity contribution in [1.29, 1.82) is 0 Å². The molecule has 0 unspecified atom stereocenters. The van der Waals surface area contributed by atoms with Crippen molar-refractivity contribution in [3.8, 4) is 5.75 Å². The second kappa shape index (κ2) is 10.2. The summed E-state index contributed by atoms with van der Waals surface area (Å²) < 4.78 is 5.65. The minimum absolute atomic E-state index is 0.00673. The van der Waals surface area contributed by atoms with Gasteiger partial charge in [0.1, 0.15) is 5.75 Å². The van der Waals surface area contributed by atoms with Gasteiger partial charge >= 0.3 is 0 Å². The van der Waals surface area contributed by atoms with E-state index < -0.39 is 0 Å². The van der Waals surface area contributed by atoms with Gasteiger partial charge in [0.15, 0.2) is 0 Å². The van der Waals surface area contributed by atoms with Gasteiger partial charge < -0.3 is 14.5 Å². The molecular weight excluding hydrogens is 372 g/mol. The molecule has 2 aromatic carbocycles. The molecule has 3 rings (SSSR count). The van der Waals surface area contributed by atoms with Crippen LogP contribution in [-0.4, -0.2) is 49.2 Å². The lowest BCUT2D eigenvalue weighted by molar-refractivity contribution is -0.132. The van der Waals surface area contributed by atoms with E-state index in [1.165, 1.54) is 0 Å². The van der Waals surface area contributed by atoms with Crippen LogP contribution in [0.25, 0.3) is 0 Å². The molecule has 0 N–H and O–H groups in total. The van der Waals surface area contributed by atoms with Crippen molar-refractivity contribution >= 4 is 29.3 Å². The van der Waals surface area contributed by atoms with Crippen LogP contribution in [0.3, 0.4) is 0 Å². The van der Waals surface area contributed by atoms with Crippen molar-refractivity contribution in [1.82, 2.24) is 4.90 Å². The fraction of sp³-hybridized carbons (Fsp3) is 0.364. The van der Waals surface area contributed by atoms with Gasteiger partial charge in [-0.15, -0.1) is 11.8 Å². The van der Waals surface area contributed by atoms with Crippen LogP contribution >= 0.6 is 11.8 Å². The van der Waals surface area contributed by atoms with E-state index in [4.69, 9.17) is 4.74 Å². The van der Waals surface area contributed by atoms with Crippen molar-refractivity contribution < 1.29 is 14.3 Å². The zero-order valence-electron chi connectivity index (χ0n) is 16.2. The molecule has 0 bridgehead atoms. The maximum Gasteiger partial charge on any atom is 0.227 e. The highest BCUT2D eigenvalue weighted by atomic mass is 32.2. The van der Waals surface area contributed by atoms with E-state index in [2.05, 4.69) is 0 Å². The van der Waals surface area contributed by atoms with Gasteiger partial charge in [0.05, 0.1) is 12.3 Å². The normalized spacial score (nSPS) is 13.0. The van der Waals surface area contributed by atoms with Crippen LogP contribution in [0, 0.1) is 0 Å². The van der Waals surface area contributed by atoms with Gasteiger partial charge in [-0.25, -0.2) is 0 Å². The Morgan fingerprint density at radius 1 is 1.07 bits per heavy atom. The fourth-order valence-electron chi connectivity index (χ4n) is 3.10. The van der Waals surface area contributed by atoms with E-state index in [0.717, 1.165) is 28.5 Å². The molecule has 0 aromatic heterocycles. The van der Waals surface area contributed by atoms with Gasteiger partial charge in [0.2, 0.25) is 11.8 Å². The number of benzene rings is 2. The minimum atomic E-state index is -0.00673. The number of thioether (sulfide) groups is 1. The average Bonchev–Trinajstić information content (AvgIpc) is 2.75. The third-order valence-electron chi connectivity index (χ3n) is 4.66. The van der Waals surface area contributed by atoms with Crippen molar-refractivity contribution in [2.75, 3.05) is 37.4 Å². The van der Waals surface area contributed by atoms with Crippen LogP contribution < -0.4 is 9.64 Å². The molecular formula is C22H26N2O3S. The van der Waals surface area contributed by atoms with Gasteiger partial charge in [-0.3, -0.25) is 9.59 Å². The van der Waals surface area contributed by atoms with Gasteiger partial charge in [0.25, 0.3) is 0 Å². The maximum absolute atomic E-state index is 12.6. The number of carbonyl (C=O) groups excluding carboxylic acids is 2. The molecule has 0 radical (unpaired) electrons. The molecule has 6 heteroatoms. The molecule has 0 saturated carbocycles. The monoisotopic (exact) mass is 398 g/mol. The van der Waals surface area contributed by atoms with Crippen molar-refractivity contribution in [3.63, 3.8) is 0 Å². The maximum atomic E-state index is 12.6. The molecule has 1 aliphatic heterocycles. The summed E-state index contributed by atoms with van der Waals surface area (Å²) in [6, 6.07) is 17.6. The first-order chi connectivity index (χ1) is 13.6. The van der Waals surface area contributed by atoms with Crippen molar-refractivity contribution in [2.24, 2.45) is 0 Å². The zero-order chi connectivity index (χ0) is 19.8. The number of amides is 2. The van der Waals surface area contributed by atoms with Crippen LogP contribution in [0.4, 0.5) is 5.69 Å². The summed E-state index contributed by atoms with van der Waals surface area (Å²) in [6.07, 6.45) is 1.23. The van der Waals surface area contributed by atoms with E-state index in [-0.39, 0.29) is 24.7 Å². The quantitative estimate of drug-likeness (QED) is 0.634. The molecule has 0 aliphatic carbocycles. The number of fused-ring (bicyclic) bond motifs is 1. The Morgan fingerprint density at radius 2 is 1.82 bits per heavy atom. The number of hydrogen-bond donors (Lipinski definition) is 0. The van der Waals surface area contributed by atoms with Crippen LogP contribution in [0.1, 0.15) is 19.3 Å². The fourth-order valence-corrected chi connectivity index (χ4v) is 4.10. The summed E-state index contributed by atoms with van der Waals surface area (Å²) in [5.74, 6) is 1.73. The predicted molar refractivity (Wildman–Crippen MR) is 113 cm³/mol. The number of ether oxygens (including phenoxy) is 1. The molecule has 2 aromatic rings. The first-order valence-electron chi connectivity index (χ1n) is 9.59. The highest BCUT2D eigenvalue weighted by Gasteiger charge is 2.23. The number of anilines is 1. The third kappa shape index (κ3) is 5.52. The molecule has 0 atom stereocenters. The highest BCUT2D eigenvalue weighted by Crippen LogP contribution is 2.34. The van der Waals surface area contributed by atoms with Gasteiger partial charge in [-0.2, -0.15) is 0 Å². The Bertz CT molecular complexity index is 797. The Hall–Kier alpha value is -2.47. The van der Waals surface area contributed by atoms with E-state index in [0.29, 0.717) is 19.7 Å². The summed E-state index contributed by atoms with van der Waals surface area (Å²) in [5, 5.41) is 0. The summed E-state index contributed by atoms with van der Waals surface area (Å²) in [4.78, 5) is 29.6. The van der Waals surface area contributed by atoms with E-state index in [1.807, 2.05) is 59.5 Å². The number of para-hydroxylation sites is 2. The predicted octanol–water partition coefficient (Wildman–Crippen LogP) is 3.83. The average molecular weight is 399 g/mol. The minimum Gasteiger partial charge on any atom is -0.494 e. The first-order valence-corrected chi connectivity index (χ1v) is 10.6. The highest BCUT2D eigenvalue weighted by molar-refractivity contribution is 7.99. The third-order valence-corrected chi connectivity index (χ3v) is 5.70. The molecule has 1 aliphatic rings. The topological polar surface area (TPSA) is 49.9 Å². The Labute approximate surface area is 170 Å². The summed E-state index contributed by atoms with van der Waals surface area (Å²) in [5.41, 5.74) is 0.961. The largest absolute Gasteiger partial charge is 0.494 e. The summed E-state index contributed by atoms with van der Waals surface area (Å²) in [6.45, 7) is 1.87. The van der Waals surface area contributed by atoms with Crippen molar-refractivity contribution in [3.05, 3.63) is 54.6 Å². The van der Waals surface area contributed by atoms with Crippen LogP contribution in [0.5, 0.6) is 5.75 Å². The number of hydrogen-bond acceptors (Lipinski definition) is 4. The lowest BCUT2D eigenvalue weighted by Gasteiger charge is -2.29. The number of nitrogens with zero attached hydrogens (tertiary/aromatic N) is 2. The lowest BCUT2D eigenvalue weighted by Crippen LogP contribution is -2.36. The summed E-state index contributed by atoms with van der Waals surface area (Å²) >= 11 is 1.77. The number of carbonyl (C=O) groups is 2. The number of rotatable bonds is 8. The molecule has 0 fully saturated rings. The van der Waals surface area contributed by atoms with Gasteiger partial charge in [-0.1, -0.05) is 30.3 Å². The van der Waals surface area contributed by atoms with E-state index in [9.17, 15) is 9.59 Å². The van der Waals surface area contributed by atoms with Crippen LogP contribution in [0.2, 0.25) is 0 Å². The SMILES string of the molecule is CN(CCCOc1ccccc1)C(=O)CCC(=O)N1CCSc2ccccc21. The second-order valence-electron chi connectivity index (χ2n) is 6.69. The zero-order valence-corrected chi connectivity index (χ0v) is 17.0. The molecule has 28 heavy (non-hydrogen) atoms. The van der Waals surface area contributed by atoms with E-state index in [1.54, 1.807) is 23.7 Å². The second-order valence-corrected chi connectivity index (χ2v) is 7.83. The van der Waals surface area contributed by atoms with Gasteiger partial charge in [0, 0.05) is 43.6 Å². The Morgan fingerprint density at radius 3 is 2.64 bits per heavy atom. The molecule has 148 valence electrons. The molecule has 1 heterocycles. The molecule has 5 nitrogen and oxygen atoms in total. The van der Waals surface area contributed by atoms with Gasteiger partial charge in [-0.05, 0) is 30.7 Å². The standard InChI is InChI=1S/C22H26N2O3S/c1-23(14-7-16-27-18-8-3-2-4-9-18)21(25)12-13-22(26)24-15-17-28-20-11-6-5-10-19(20)24/h2-6,8-11H,7,12-17H2,1H3. The lowest BCUT2D eigenvalue weighted by atomic mass is 10.2. The van der Waals surface area contributed by atoms with E-state index >= 15 is 0 Å². The molecule has 0 saturated heterocycles. The molecule has 2 amide bonds. The van der Waals surface area contributed by atoms with Crippen LogP contribution in [-0.2, 0) is 9.59 Å². The smallest absolute Gasteiger partial charge is 0.227 e. The summed E-state index contributed by atoms with van der Waals surface area (Å²) in [7, 11) is 1.78. The Kier molecular flexibility index (Phi) is 7.37. The van der Waals surface area contributed by atoms with Crippen molar-refractivity contribution in [2.45, 2.75) is 24.2 Å². The van der Waals surface area contributed by atoms with Crippen LogP contribution in [0.15, 0.2) is 59.5 Å².